The first kappa shape index (κ1) is 18.1. The average molecular weight is 402 g/mol. The van der Waals surface area contributed by atoms with Crippen molar-refractivity contribution < 1.29 is 4.79 Å². The van der Waals surface area contributed by atoms with Gasteiger partial charge in [0.2, 0.25) is 5.91 Å². The van der Waals surface area contributed by atoms with E-state index in [4.69, 9.17) is 11.6 Å². The van der Waals surface area contributed by atoms with Crippen molar-refractivity contribution >= 4 is 50.4 Å². The van der Waals surface area contributed by atoms with E-state index in [0.717, 1.165) is 29.0 Å². The monoisotopic (exact) mass is 401 g/mol. The van der Waals surface area contributed by atoms with Crippen LogP contribution in [0.15, 0.2) is 47.3 Å². The number of thiazole rings is 1. The second-order valence-corrected chi connectivity index (χ2v) is 8.05. The standard InChI is InChI=1S/C20H20ClN3O2S/c21-15-13-14(7-8-16(15)23-10-3-4-11-23)22-19(25)9-12-24-17-5-1-2-6-18(17)27-20(24)26/h1-2,5-8,13H,3-4,9-12H2,(H,22,25). The highest BCUT2D eigenvalue weighted by Crippen LogP contribution is 2.31. The molecule has 0 saturated carbocycles. The molecule has 27 heavy (non-hydrogen) atoms. The highest BCUT2D eigenvalue weighted by molar-refractivity contribution is 7.16. The molecular formula is C20H20ClN3O2S. The van der Waals surface area contributed by atoms with E-state index in [1.165, 1.54) is 24.2 Å². The number of hydrogen-bond acceptors (Lipinski definition) is 4. The summed E-state index contributed by atoms with van der Waals surface area (Å²) in [5.41, 5.74) is 2.57. The van der Waals surface area contributed by atoms with Crippen molar-refractivity contribution in [1.82, 2.24) is 4.57 Å². The van der Waals surface area contributed by atoms with Gasteiger partial charge < -0.3 is 10.2 Å². The number of nitrogens with one attached hydrogen (secondary N) is 1. The van der Waals surface area contributed by atoms with Crippen LogP contribution < -0.4 is 15.1 Å². The third-order valence-electron chi connectivity index (χ3n) is 4.81. The van der Waals surface area contributed by atoms with Gasteiger partial charge in [-0.3, -0.25) is 14.2 Å². The predicted octanol–water partition coefficient (Wildman–Crippen LogP) is 4.35. The SMILES string of the molecule is O=C(CCn1c(=O)sc2ccccc21)Nc1ccc(N2CCCC2)c(Cl)c1. The first-order valence-corrected chi connectivity index (χ1v) is 10.2. The maximum Gasteiger partial charge on any atom is 0.308 e. The van der Waals surface area contributed by atoms with Gasteiger partial charge in [0, 0.05) is 31.7 Å². The molecule has 1 saturated heterocycles. The third-order valence-corrected chi connectivity index (χ3v) is 6.08. The predicted molar refractivity (Wildman–Crippen MR) is 112 cm³/mol. The van der Waals surface area contributed by atoms with E-state index in [-0.39, 0.29) is 17.2 Å². The normalized spacial score (nSPS) is 14.0. The highest BCUT2D eigenvalue weighted by atomic mass is 35.5. The number of nitrogens with zero attached hydrogens (tertiary/aromatic N) is 2. The molecule has 7 heteroatoms. The fourth-order valence-corrected chi connectivity index (χ4v) is 4.68. The number of para-hydroxylation sites is 1. The van der Waals surface area contributed by atoms with Crippen molar-refractivity contribution in [1.29, 1.82) is 0 Å². The number of anilines is 2. The van der Waals surface area contributed by atoms with E-state index in [2.05, 4.69) is 10.2 Å². The van der Waals surface area contributed by atoms with Crippen molar-refractivity contribution in [3.05, 3.63) is 57.2 Å². The molecular weight excluding hydrogens is 382 g/mol. The van der Waals surface area contributed by atoms with Crippen LogP contribution in [0.4, 0.5) is 11.4 Å². The molecule has 2 heterocycles. The second-order valence-electron chi connectivity index (χ2n) is 6.65. The summed E-state index contributed by atoms with van der Waals surface area (Å²) in [7, 11) is 0. The van der Waals surface area contributed by atoms with Gasteiger partial charge in [-0.15, -0.1) is 0 Å². The van der Waals surface area contributed by atoms with Crippen LogP contribution in [0.2, 0.25) is 5.02 Å². The Morgan fingerprint density at radius 2 is 1.93 bits per heavy atom. The van der Waals surface area contributed by atoms with E-state index < -0.39 is 0 Å². The van der Waals surface area contributed by atoms with E-state index in [1.807, 2.05) is 36.4 Å². The van der Waals surface area contributed by atoms with Gasteiger partial charge in [0.1, 0.15) is 0 Å². The zero-order valence-corrected chi connectivity index (χ0v) is 16.4. The second kappa shape index (κ2) is 7.74. The highest BCUT2D eigenvalue weighted by Gasteiger charge is 2.16. The molecule has 0 aliphatic carbocycles. The molecule has 0 spiro atoms. The number of halogens is 1. The number of aromatic nitrogens is 1. The lowest BCUT2D eigenvalue weighted by molar-refractivity contribution is -0.116. The fraction of sp³-hybridized carbons (Fsp3) is 0.300. The Balaban J connectivity index is 1.41. The van der Waals surface area contributed by atoms with Crippen LogP contribution in [0.25, 0.3) is 10.2 Å². The smallest absolute Gasteiger partial charge is 0.308 e. The number of carbonyl (C=O) groups excluding carboxylic acids is 1. The van der Waals surface area contributed by atoms with E-state index in [0.29, 0.717) is 17.3 Å². The van der Waals surface area contributed by atoms with Gasteiger partial charge in [-0.1, -0.05) is 35.1 Å². The summed E-state index contributed by atoms with van der Waals surface area (Å²) in [5.74, 6) is -0.137. The van der Waals surface area contributed by atoms with Gasteiger partial charge >= 0.3 is 4.87 Å². The first-order valence-electron chi connectivity index (χ1n) is 9.04. The lowest BCUT2D eigenvalue weighted by atomic mass is 10.2. The zero-order chi connectivity index (χ0) is 18.8. The Morgan fingerprint density at radius 1 is 1.15 bits per heavy atom. The van der Waals surface area contributed by atoms with Gasteiger partial charge in [0.25, 0.3) is 0 Å². The molecule has 2 aromatic carbocycles. The van der Waals surface area contributed by atoms with Gasteiger partial charge in [-0.05, 0) is 43.2 Å². The van der Waals surface area contributed by atoms with Crippen LogP contribution in [0, 0.1) is 0 Å². The molecule has 1 fully saturated rings. The molecule has 1 aliphatic rings. The average Bonchev–Trinajstić information content (AvgIpc) is 3.27. The van der Waals surface area contributed by atoms with E-state index in [1.54, 1.807) is 10.6 Å². The van der Waals surface area contributed by atoms with Crippen LogP contribution in [0.3, 0.4) is 0 Å². The molecule has 5 nitrogen and oxygen atoms in total. The van der Waals surface area contributed by atoms with Gasteiger partial charge in [-0.25, -0.2) is 0 Å². The molecule has 1 N–H and O–H groups in total. The topological polar surface area (TPSA) is 54.3 Å². The van der Waals surface area contributed by atoms with Crippen LogP contribution in [0.1, 0.15) is 19.3 Å². The number of carbonyl (C=O) groups is 1. The number of hydrogen-bond donors (Lipinski definition) is 1. The van der Waals surface area contributed by atoms with Crippen molar-refractivity contribution in [2.45, 2.75) is 25.8 Å². The minimum Gasteiger partial charge on any atom is -0.370 e. The Bertz CT molecular complexity index is 1040. The summed E-state index contributed by atoms with van der Waals surface area (Å²) in [6.07, 6.45) is 2.60. The molecule has 4 rings (SSSR count). The largest absolute Gasteiger partial charge is 0.370 e. The Morgan fingerprint density at radius 3 is 2.70 bits per heavy atom. The van der Waals surface area contributed by atoms with Crippen molar-refractivity contribution in [3.8, 4) is 0 Å². The molecule has 1 amide bonds. The first-order chi connectivity index (χ1) is 13.1. The molecule has 3 aromatic rings. The van der Waals surface area contributed by atoms with Crippen LogP contribution in [0.5, 0.6) is 0 Å². The van der Waals surface area contributed by atoms with Gasteiger partial charge in [0.05, 0.1) is 20.9 Å². The van der Waals surface area contributed by atoms with Crippen molar-refractivity contribution in [2.24, 2.45) is 0 Å². The molecule has 0 radical (unpaired) electrons. The minimum atomic E-state index is -0.137. The maximum absolute atomic E-state index is 12.3. The van der Waals surface area contributed by atoms with Crippen LogP contribution in [-0.4, -0.2) is 23.6 Å². The summed E-state index contributed by atoms with van der Waals surface area (Å²) in [6, 6.07) is 13.3. The molecule has 140 valence electrons. The Labute approximate surface area is 166 Å². The summed E-state index contributed by atoms with van der Waals surface area (Å²) >= 11 is 7.60. The number of aryl methyl sites for hydroxylation is 1. The third kappa shape index (κ3) is 3.87. The fourth-order valence-electron chi connectivity index (χ4n) is 3.46. The summed E-state index contributed by atoms with van der Waals surface area (Å²) in [5, 5.41) is 3.52. The lowest BCUT2D eigenvalue weighted by Gasteiger charge is -2.19. The quantitative estimate of drug-likeness (QED) is 0.691. The number of fused-ring (bicyclic) bond motifs is 1. The van der Waals surface area contributed by atoms with Crippen LogP contribution >= 0.6 is 22.9 Å². The molecule has 1 aliphatic heterocycles. The minimum absolute atomic E-state index is 0.0398. The Kier molecular flexibility index (Phi) is 5.18. The number of amides is 1. The van der Waals surface area contributed by atoms with Crippen molar-refractivity contribution in [3.63, 3.8) is 0 Å². The lowest BCUT2D eigenvalue weighted by Crippen LogP contribution is -2.20. The van der Waals surface area contributed by atoms with Crippen molar-refractivity contribution in [2.75, 3.05) is 23.3 Å². The number of benzene rings is 2. The summed E-state index contributed by atoms with van der Waals surface area (Å²) in [6.45, 7) is 2.40. The Hall–Kier alpha value is -2.31. The molecule has 0 unspecified atom stereocenters. The van der Waals surface area contributed by atoms with Gasteiger partial charge in [-0.2, -0.15) is 0 Å². The summed E-state index contributed by atoms with van der Waals surface area (Å²) < 4.78 is 2.59. The summed E-state index contributed by atoms with van der Waals surface area (Å²) in [4.78, 5) is 26.7. The molecule has 1 aromatic heterocycles. The maximum atomic E-state index is 12.3. The zero-order valence-electron chi connectivity index (χ0n) is 14.8. The van der Waals surface area contributed by atoms with Crippen LogP contribution in [-0.2, 0) is 11.3 Å². The molecule has 0 bridgehead atoms. The molecule has 0 atom stereocenters. The number of rotatable bonds is 5. The van der Waals surface area contributed by atoms with E-state index >= 15 is 0 Å². The van der Waals surface area contributed by atoms with Gasteiger partial charge in [0.15, 0.2) is 0 Å². The van der Waals surface area contributed by atoms with E-state index in [9.17, 15) is 9.59 Å².